The molecule has 0 radical (unpaired) electrons. The summed E-state index contributed by atoms with van der Waals surface area (Å²) >= 11 is 0. The van der Waals surface area contributed by atoms with Crippen molar-refractivity contribution >= 4 is 35.8 Å². The Morgan fingerprint density at radius 3 is 2.54 bits per heavy atom. The summed E-state index contributed by atoms with van der Waals surface area (Å²) in [5.74, 6) is 1.59. The predicted octanol–water partition coefficient (Wildman–Crippen LogP) is 2.92. The molecule has 0 aliphatic heterocycles. The molecule has 0 spiro atoms. The molecular formula is C21H29IN4O2. The van der Waals surface area contributed by atoms with Crippen LogP contribution in [-0.4, -0.2) is 51.6 Å². The number of methoxy groups -OCH3 is 1. The van der Waals surface area contributed by atoms with Crippen LogP contribution in [0.4, 0.5) is 0 Å². The maximum atomic E-state index is 12.1. The van der Waals surface area contributed by atoms with E-state index in [1.165, 1.54) is 0 Å². The monoisotopic (exact) mass is 496 g/mol. The summed E-state index contributed by atoms with van der Waals surface area (Å²) < 4.78 is 5.37. The third-order valence-electron chi connectivity index (χ3n) is 4.15. The topological polar surface area (TPSA) is 66.0 Å². The first-order valence-electron chi connectivity index (χ1n) is 8.92. The molecule has 0 unspecified atom stereocenters. The SMILES string of the molecule is CN=C(NCCc1cccc(C(=O)N(C)C)c1)NCc1ccccc1OC.I. The third kappa shape index (κ3) is 7.03. The zero-order valence-electron chi connectivity index (χ0n) is 16.9. The summed E-state index contributed by atoms with van der Waals surface area (Å²) in [6.07, 6.45) is 0.796. The molecule has 1 amide bonds. The quantitative estimate of drug-likeness (QED) is 0.352. The fraction of sp³-hybridized carbons (Fsp3) is 0.333. The van der Waals surface area contributed by atoms with Crippen LogP contribution in [0.15, 0.2) is 53.5 Å². The summed E-state index contributed by atoms with van der Waals surface area (Å²) in [5.41, 5.74) is 2.88. The van der Waals surface area contributed by atoms with Gasteiger partial charge >= 0.3 is 0 Å². The molecule has 0 fully saturated rings. The number of halogens is 1. The smallest absolute Gasteiger partial charge is 0.253 e. The van der Waals surface area contributed by atoms with Crippen LogP contribution in [0, 0.1) is 0 Å². The highest BCUT2D eigenvalue weighted by atomic mass is 127. The lowest BCUT2D eigenvalue weighted by Crippen LogP contribution is -2.37. The second-order valence-electron chi connectivity index (χ2n) is 6.31. The van der Waals surface area contributed by atoms with Gasteiger partial charge in [-0.15, -0.1) is 24.0 Å². The van der Waals surface area contributed by atoms with E-state index in [4.69, 9.17) is 4.74 Å². The zero-order valence-corrected chi connectivity index (χ0v) is 19.2. The Kier molecular flexibility index (Phi) is 10.4. The maximum Gasteiger partial charge on any atom is 0.253 e. The highest BCUT2D eigenvalue weighted by Gasteiger charge is 2.08. The zero-order chi connectivity index (χ0) is 19.6. The normalized spacial score (nSPS) is 10.6. The Morgan fingerprint density at radius 2 is 1.86 bits per heavy atom. The summed E-state index contributed by atoms with van der Waals surface area (Å²) in [4.78, 5) is 17.9. The number of nitrogens with one attached hydrogen (secondary N) is 2. The van der Waals surface area contributed by atoms with Gasteiger partial charge in [0, 0.05) is 45.4 Å². The molecule has 0 aliphatic rings. The van der Waals surface area contributed by atoms with Crippen LogP contribution >= 0.6 is 24.0 Å². The third-order valence-corrected chi connectivity index (χ3v) is 4.15. The molecule has 0 bridgehead atoms. The van der Waals surface area contributed by atoms with E-state index in [0.717, 1.165) is 29.3 Å². The van der Waals surface area contributed by atoms with Crippen LogP contribution in [0.5, 0.6) is 5.75 Å². The summed E-state index contributed by atoms with van der Waals surface area (Å²) in [6.45, 7) is 1.34. The van der Waals surface area contributed by atoms with E-state index in [-0.39, 0.29) is 29.9 Å². The molecule has 0 atom stereocenters. The van der Waals surface area contributed by atoms with Crippen LogP contribution < -0.4 is 15.4 Å². The number of hydrogen-bond donors (Lipinski definition) is 2. The van der Waals surface area contributed by atoms with Crippen molar-refractivity contribution in [3.05, 3.63) is 65.2 Å². The Morgan fingerprint density at radius 1 is 1.11 bits per heavy atom. The molecule has 6 nitrogen and oxygen atoms in total. The van der Waals surface area contributed by atoms with Gasteiger partial charge in [-0.3, -0.25) is 9.79 Å². The van der Waals surface area contributed by atoms with Crippen molar-refractivity contribution in [2.45, 2.75) is 13.0 Å². The molecule has 0 saturated heterocycles. The average molecular weight is 496 g/mol. The van der Waals surface area contributed by atoms with Crippen LogP contribution in [0.1, 0.15) is 21.5 Å². The molecule has 2 rings (SSSR count). The lowest BCUT2D eigenvalue weighted by atomic mass is 10.1. The number of para-hydroxylation sites is 1. The van der Waals surface area contributed by atoms with Gasteiger partial charge in [0.25, 0.3) is 5.91 Å². The maximum absolute atomic E-state index is 12.1. The van der Waals surface area contributed by atoms with Crippen LogP contribution in [0.3, 0.4) is 0 Å². The molecule has 0 saturated carbocycles. The number of hydrogen-bond acceptors (Lipinski definition) is 3. The van der Waals surface area contributed by atoms with Crippen molar-refractivity contribution in [3.8, 4) is 5.75 Å². The van der Waals surface area contributed by atoms with E-state index in [0.29, 0.717) is 18.7 Å². The predicted molar refractivity (Wildman–Crippen MR) is 125 cm³/mol. The number of benzene rings is 2. The first kappa shape index (κ1) is 23.7. The number of guanidine groups is 1. The molecule has 0 aromatic heterocycles. The van der Waals surface area contributed by atoms with Crippen molar-refractivity contribution in [3.63, 3.8) is 0 Å². The summed E-state index contributed by atoms with van der Waals surface area (Å²) in [5, 5.41) is 6.59. The van der Waals surface area contributed by atoms with Gasteiger partial charge in [-0.2, -0.15) is 0 Å². The lowest BCUT2D eigenvalue weighted by molar-refractivity contribution is 0.0827. The second-order valence-corrected chi connectivity index (χ2v) is 6.31. The number of carbonyl (C=O) groups excluding carboxylic acids is 1. The number of nitrogens with zero attached hydrogens (tertiary/aromatic N) is 2. The lowest BCUT2D eigenvalue weighted by Gasteiger charge is -2.14. The van der Waals surface area contributed by atoms with Gasteiger partial charge in [-0.05, 0) is 30.2 Å². The molecule has 0 aliphatic carbocycles. The molecule has 7 heteroatoms. The highest BCUT2D eigenvalue weighted by Crippen LogP contribution is 2.16. The number of carbonyl (C=O) groups is 1. The van der Waals surface area contributed by atoms with Crippen molar-refractivity contribution in [1.29, 1.82) is 0 Å². The van der Waals surface area contributed by atoms with E-state index >= 15 is 0 Å². The highest BCUT2D eigenvalue weighted by molar-refractivity contribution is 14.0. The molecule has 28 heavy (non-hydrogen) atoms. The van der Waals surface area contributed by atoms with Crippen molar-refractivity contribution in [2.24, 2.45) is 4.99 Å². The van der Waals surface area contributed by atoms with Crippen LogP contribution in [0.2, 0.25) is 0 Å². The van der Waals surface area contributed by atoms with Crippen LogP contribution in [0.25, 0.3) is 0 Å². The minimum absolute atomic E-state index is 0. The Hall–Kier alpha value is -2.29. The van der Waals surface area contributed by atoms with Gasteiger partial charge in [0.05, 0.1) is 7.11 Å². The van der Waals surface area contributed by atoms with E-state index in [2.05, 4.69) is 15.6 Å². The fourth-order valence-electron chi connectivity index (χ4n) is 2.69. The molecular weight excluding hydrogens is 467 g/mol. The number of rotatable bonds is 7. The van der Waals surface area contributed by atoms with E-state index < -0.39 is 0 Å². The minimum Gasteiger partial charge on any atom is -0.496 e. The molecule has 2 aromatic carbocycles. The largest absolute Gasteiger partial charge is 0.496 e. The van der Waals surface area contributed by atoms with Gasteiger partial charge in [-0.1, -0.05) is 30.3 Å². The van der Waals surface area contributed by atoms with Gasteiger partial charge in [0.15, 0.2) is 5.96 Å². The fourth-order valence-corrected chi connectivity index (χ4v) is 2.69. The number of amides is 1. The number of aliphatic imine (C=N–C) groups is 1. The molecule has 2 aromatic rings. The minimum atomic E-state index is 0. The Bertz CT molecular complexity index is 793. The van der Waals surface area contributed by atoms with Gasteiger partial charge < -0.3 is 20.3 Å². The van der Waals surface area contributed by atoms with E-state index in [1.807, 2.05) is 48.5 Å². The molecule has 2 N–H and O–H groups in total. The molecule has 152 valence electrons. The van der Waals surface area contributed by atoms with Gasteiger partial charge in [-0.25, -0.2) is 0 Å². The van der Waals surface area contributed by atoms with E-state index in [1.54, 1.807) is 33.2 Å². The number of ether oxygens (including phenoxy) is 1. The van der Waals surface area contributed by atoms with Crippen LogP contribution in [-0.2, 0) is 13.0 Å². The Labute approximate surface area is 184 Å². The van der Waals surface area contributed by atoms with Crippen molar-refractivity contribution in [2.75, 3.05) is 34.8 Å². The molecule has 0 heterocycles. The Balaban J connectivity index is 0.00000392. The first-order valence-corrected chi connectivity index (χ1v) is 8.92. The average Bonchev–Trinajstić information content (AvgIpc) is 2.70. The van der Waals surface area contributed by atoms with E-state index in [9.17, 15) is 4.79 Å². The summed E-state index contributed by atoms with van der Waals surface area (Å²) in [7, 11) is 6.93. The van der Waals surface area contributed by atoms with Gasteiger partial charge in [0.2, 0.25) is 0 Å². The summed E-state index contributed by atoms with van der Waals surface area (Å²) in [6, 6.07) is 15.6. The first-order chi connectivity index (χ1) is 13.0. The second kappa shape index (κ2) is 12.2. The standard InChI is InChI=1S/C21H28N4O2.HI/c1-22-21(24-15-18-9-5-6-11-19(18)27-4)23-13-12-16-8-7-10-17(14-16)20(26)25(2)3;/h5-11,14H,12-13,15H2,1-4H3,(H2,22,23,24);1H. The van der Waals surface area contributed by atoms with Gasteiger partial charge in [0.1, 0.15) is 5.75 Å². The van der Waals surface area contributed by atoms with Crippen molar-refractivity contribution in [1.82, 2.24) is 15.5 Å². The van der Waals surface area contributed by atoms with Crippen molar-refractivity contribution < 1.29 is 9.53 Å².